The third-order valence-electron chi connectivity index (χ3n) is 3.58. The molecule has 2 atom stereocenters. The van der Waals surface area contributed by atoms with Crippen molar-refractivity contribution >= 4 is 21.8 Å². The molecule has 1 heterocycles. The van der Waals surface area contributed by atoms with Gasteiger partial charge in [0, 0.05) is 23.5 Å². The minimum Gasteiger partial charge on any atom is -0.337 e. The summed E-state index contributed by atoms with van der Waals surface area (Å²) in [5.74, 6) is 0.149. The van der Waals surface area contributed by atoms with Crippen LogP contribution in [-0.4, -0.2) is 28.7 Å². The van der Waals surface area contributed by atoms with Crippen LogP contribution in [0.15, 0.2) is 18.2 Å². The molecule has 0 aromatic heterocycles. The Bertz CT molecular complexity index is 463. The Morgan fingerprint density at radius 2 is 2.22 bits per heavy atom. The smallest absolute Gasteiger partial charge is 0.254 e. The fraction of sp³-hybridized carbons (Fsp3) is 0.500. The van der Waals surface area contributed by atoms with Gasteiger partial charge in [-0.05, 0) is 37.0 Å². The van der Waals surface area contributed by atoms with E-state index < -0.39 is 0 Å². The van der Waals surface area contributed by atoms with Crippen molar-refractivity contribution in [2.75, 3.05) is 13.1 Å². The van der Waals surface area contributed by atoms with Crippen molar-refractivity contribution in [2.45, 2.75) is 25.1 Å². The second kappa shape index (κ2) is 5.39. The molecule has 1 aromatic rings. The number of piperidine rings is 1. The third kappa shape index (κ3) is 2.74. The first-order chi connectivity index (χ1) is 8.49. The van der Waals surface area contributed by atoms with Crippen LogP contribution in [0.2, 0.25) is 0 Å². The topological polar surface area (TPSA) is 20.3 Å². The number of halogens is 2. The molecule has 0 bridgehead atoms. The molecule has 1 aliphatic rings. The van der Waals surface area contributed by atoms with Gasteiger partial charge in [0.15, 0.2) is 0 Å². The third-order valence-corrected chi connectivity index (χ3v) is 4.78. The first-order valence-electron chi connectivity index (χ1n) is 6.18. The molecule has 0 aliphatic carbocycles. The first-order valence-corrected chi connectivity index (χ1v) is 7.10. The number of nitrogens with zero attached hydrogens (tertiary/aromatic N) is 1. The van der Waals surface area contributed by atoms with Crippen LogP contribution in [0.3, 0.4) is 0 Å². The summed E-state index contributed by atoms with van der Waals surface area (Å²) in [4.78, 5) is 14.5. The summed E-state index contributed by atoms with van der Waals surface area (Å²) in [7, 11) is 0. The molecule has 1 saturated heterocycles. The van der Waals surface area contributed by atoms with Gasteiger partial charge in [0.05, 0.1) is 0 Å². The van der Waals surface area contributed by atoms with Crippen molar-refractivity contribution in [3.63, 3.8) is 0 Å². The van der Waals surface area contributed by atoms with Gasteiger partial charge in [0.1, 0.15) is 5.82 Å². The molecule has 1 fully saturated rings. The SMILES string of the molecule is Cc1ccc(F)cc1C(=O)N1CCC(C)C(Br)C1. The lowest BCUT2D eigenvalue weighted by molar-refractivity contribution is 0.0704. The molecule has 4 heteroatoms. The lowest BCUT2D eigenvalue weighted by Gasteiger charge is -2.34. The molecular formula is C14H17BrFNO. The molecule has 18 heavy (non-hydrogen) atoms. The Morgan fingerprint density at radius 1 is 1.50 bits per heavy atom. The molecule has 1 aliphatic heterocycles. The molecule has 0 radical (unpaired) electrons. The van der Waals surface area contributed by atoms with Crippen LogP contribution >= 0.6 is 15.9 Å². The lowest BCUT2D eigenvalue weighted by Crippen LogP contribution is -2.43. The molecular weight excluding hydrogens is 297 g/mol. The van der Waals surface area contributed by atoms with E-state index >= 15 is 0 Å². The van der Waals surface area contributed by atoms with E-state index in [1.165, 1.54) is 12.1 Å². The number of hydrogen-bond donors (Lipinski definition) is 0. The number of amides is 1. The molecule has 98 valence electrons. The Kier molecular flexibility index (Phi) is 4.05. The normalized spacial score (nSPS) is 24.1. The van der Waals surface area contributed by atoms with E-state index in [0.29, 0.717) is 22.9 Å². The number of benzene rings is 1. The first kappa shape index (κ1) is 13.5. The molecule has 2 unspecified atom stereocenters. The summed E-state index contributed by atoms with van der Waals surface area (Å²) in [5.41, 5.74) is 1.30. The molecule has 2 rings (SSSR count). The fourth-order valence-electron chi connectivity index (χ4n) is 2.20. The van der Waals surface area contributed by atoms with Crippen LogP contribution in [0, 0.1) is 18.7 Å². The second-order valence-electron chi connectivity index (χ2n) is 4.99. The van der Waals surface area contributed by atoms with Gasteiger partial charge in [-0.2, -0.15) is 0 Å². The van der Waals surface area contributed by atoms with E-state index in [1.54, 1.807) is 11.0 Å². The summed E-state index contributed by atoms with van der Waals surface area (Å²) in [6.45, 7) is 5.45. The van der Waals surface area contributed by atoms with Crippen LogP contribution in [0.25, 0.3) is 0 Å². The molecule has 0 saturated carbocycles. The van der Waals surface area contributed by atoms with Crippen LogP contribution < -0.4 is 0 Å². The van der Waals surface area contributed by atoms with Crippen LogP contribution in [0.4, 0.5) is 4.39 Å². The number of rotatable bonds is 1. The van der Waals surface area contributed by atoms with Crippen molar-refractivity contribution in [2.24, 2.45) is 5.92 Å². The van der Waals surface area contributed by atoms with Gasteiger partial charge in [-0.1, -0.05) is 28.9 Å². The van der Waals surface area contributed by atoms with E-state index in [4.69, 9.17) is 0 Å². The average molecular weight is 314 g/mol. The largest absolute Gasteiger partial charge is 0.337 e. The highest BCUT2D eigenvalue weighted by Gasteiger charge is 2.28. The maximum atomic E-state index is 13.2. The number of carbonyl (C=O) groups is 1. The van der Waals surface area contributed by atoms with Crippen LogP contribution in [-0.2, 0) is 0 Å². The van der Waals surface area contributed by atoms with Gasteiger partial charge in [0.2, 0.25) is 0 Å². The maximum Gasteiger partial charge on any atom is 0.254 e. The number of aryl methyl sites for hydroxylation is 1. The average Bonchev–Trinajstić information content (AvgIpc) is 2.35. The van der Waals surface area contributed by atoms with Crippen LogP contribution in [0.5, 0.6) is 0 Å². The zero-order valence-corrected chi connectivity index (χ0v) is 12.2. The molecule has 0 spiro atoms. The minimum atomic E-state index is -0.357. The zero-order valence-electron chi connectivity index (χ0n) is 10.6. The number of alkyl halides is 1. The van der Waals surface area contributed by atoms with Gasteiger partial charge < -0.3 is 4.90 Å². The summed E-state index contributed by atoms with van der Waals surface area (Å²) in [6.07, 6.45) is 0.982. The predicted octanol–water partition coefficient (Wildman–Crippen LogP) is 3.38. The highest BCUT2D eigenvalue weighted by molar-refractivity contribution is 9.09. The Balaban J connectivity index is 2.19. The van der Waals surface area contributed by atoms with Crippen molar-refractivity contribution < 1.29 is 9.18 Å². The minimum absolute atomic E-state index is 0.0663. The summed E-state index contributed by atoms with van der Waals surface area (Å²) in [5, 5.41) is 0. The van der Waals surface area contributed by atoms with Gasteiger partial charge >= 0.3 is 0 Å². The summed E-state index contributed by atoms with van der Waals surface area (Å²) >= 11 is 3.60. The zero-order chi connectivity index (χ0) is 13.3. The van der Waals surface area contributed by atoms with Gasteiger partial charge in [-0.15, -0.1) is 0 Å². The molecule has 1 aromatic carbocycles. The van der Waals surface area contributed by atoms with E-state index in [0.717, 1.165) is 18.5 Å². The highest BCUT2D eigenvalue weighted by atomic mass is 79.9. The quantitative estimate of drug-likeness (QED) is 0.728. The summed E-state index contributed by atoms with van der Waals surface area (Å²) in [6, 6.07) is 4.37. The van der Waals surface area contributed by atoms with E-state index in [9.17, 15) is 9.18 Å². The van der Waals surface area contributed by atoms with Crippen molar-refractivity contribution in [3.05, 3.63) is 35.1 Å². The summed E-state index contributed by atoms with van der Waals surface area (Å²) < 4.78 is 13.2. The van der Waals surface area contributed by atoms with Gasteiger partial charge in [-0.3, -0.25) is 4.79 Å². The lowest BCUT2D eigenvalue weighted by atomic mass is 9.98. The predicted molar refractivity (Wildman–Crippen MR) is 73.5 cm³/mol. The Morgan fingerprint density at radius 3 is 2.89 bits per heavy atom. The second-order valence-corrected chi connectivity index (χ2v) is 6.17. The van der Waals surface area contributed by atoms with E-state index in [2.05, 4.69) is 22.9 Å². The standard InChI is InChI=1S/C14H17BrFNO/c1-9-3-4-11(16)7-12(9)14(18)17-6-5-10(2)13(15)8-17/h3-4,7,10,13H,5-6,8H2,1-2H3. The fourth-order valence-corrected chi connectivity index (χ4v) is 2.82. The highest BCUT2D eigenvalue weighted by Crippen LogP contribution is 2.25. The monoisotopic (exact) mass is 313 g/mol. The Labute approximate surface area is 115 Å². The van der Waals surface area contributed by atoms with Crippen molar-refractivity contribution in [1.29, 1.82) is 0 Å². The molecule has 0 N–H and O–H groups in total. The Hall–Kier alpha value is -0.900. The van der Waals surface area contributed by atoms with E-state index in [-0.39, 0.29) is 11.7 Å². The number of likely N-dealkylation sites (tertiary alicyclic amines) is 1. The maximum absolute atomic E-state index is 13.2. The van der Waals surface area contributed by atoms with Gasteiger partial charge in [0.25, 0.3) is 5.91 Å². The van der Waals surface area contributed by atoms with E-state index in [1.807, 2.05) is 6.92 Å². The molecule has 1 amide bonds. The molecule has 2 nitrogen and oxygen atoms in total. The number of hydrogen-bond acceptors (Lipinski definition) is 1. The van der Waals surface area contributed by atoms with Crippen LogP contribution in [0.1, 0.15) is 29.3 Å². The van der Waals surface area contributed by atoms with Gasteiger partial charge in [-0.25, -0.2) is 4.39 Å². The number of carbonyl (C=O) groups excluding carboxylic acids is 1. The van der Waals surface area contributed by atoms with Crippen molar-refractivity contribution in [1.82, 2.24) is 4.90 Å². The van der Waals surface area contributed by atoms with Crippen molar-refractivity contribution in [3.8, 4) is 0 Å².